The molecule has 1 saturated heterocycles. The van der Waals surface area contributed by atoms with Crippen molar-refractivity contribution in [1.82, 2.24) is 9.99 Å². The summed E-state index contributed by atoms with van der Waals surface area (Å²) in [4.78, 5) is 25.4. The molecule has 218 valence electrons. The molecule has 8 nitrogen and oxygen atoms in total. The van der Waals surface area contributed by atoms with Gasteiger partial charge in [0.25, 0.3) is 0 Å². The van der Waals surface area contributed by atoms with Gasteiger partial charge in [-0.1, -0.05) is 85.5 Å². The van der Waals surface area contributed by atoms with Crippen molar-refractivity contribution >= 4 is 11.8 Å². The van der Waals surface area contributed by atoms with Crippen molar-refractivity contribution in [1.29, 1.82) is 0 Å². The number of nitrogens with two attached hydrogens (primary N) is 1. The zero-order valence-electron chi connectivity index (χ0n) is 24.8. The van der Waals surface area contributed by atoms with Gasteiger partial charge in [-0.05, 0) is 51.9 Å². The first kappa shape index (κ1) is 32.0. The fraction of sp³-hybridized carbons (Fsp3) is 0.800. The molecule has 4 atom stereocenters. The Labute approximate surface area is 230 Å². The first-order valence-electron chi connectivity index (χ1n) is 15.0. The van der Waals surface area contributed by atoms with Crippen molar-refractivity contribution in [2.75, 3.05) is 5.01 Å². The molecule has 1 aliphatic heterocycles. The van der Waals surface area contributed by atoms with E-state index in [9.17, 15) is 19.8 Å². The van der Waals surface area contributed by atoms with Crippen molar-refractivity contribution in [3.63, 3.8) is 0 Å². The summed E-state index contributed by atoms with van der Waals surface area (Å²) in [5.41, 5.74) is 5.44. The summed E-state index contributed by atoms with van der Waals surface area (Å²) in [5, 5.41) is 27.1. The van der Waals surface area contributed by atoms with E-state index in [1.54, 1.807) is 0 Å². The number of rotatable bonds is 15. The minimum Gasteiger partial charge on any atom is -0.493 e. The molecule has 0 bridgehead atoms. The lowest BCUT2D eigenvalue weighted by Gasteiger charge is -2.55. The average Bonchev–Trinajstić information content (AvgIpc) is 3.16. The van der Waals surface area contributed by atoms with Crippen LogP contribution in [0.3, 0.4) is 0 Å². The fourth-order valence-corrected chi connectivity index (χ4v) is 6.09. The number of nitrogens with zero attached hydrogens (tertiary/aromatic N) is 2. The number of aromatic nitrogens is 1. The molecule has 0 spiro atoms. The van der Waals surface area contributed by atoms with Crippen LogP contribution in [-0.2, 0) is 16.0 Å². The predicted octanol–water partition coefficient (Wildman–Crippen LogP) is 5.65. The fourth-order valence-electron chi connectivity index (χ4n) is 6.09. The standard InChI is InChI=1S/C30H54N4O4/c1-7-10-11-12-13-14-15-16-17-18-19-23-20-25(35)34(27(23)37)33(28(38)26(31)36)24-21-29(5,8-2)32-30(6,9-3)22(24)4/h20,22,24,32,35,37H,7-19,21H2,1-6H3,(H2,31,36). The second kappa shape index (κ2) is 14.2. The molecule has 2 rings (SSSR count). The molecular formula is C30H54N4O4. The van der Waals surface area contributed by atoms with Crippen molar-refractivity contribution < 1.29 is 19.8 Å². The highest BCUT2D eigenvalue weighted by molar-refractivity contribution is 6.38. The molecule has 1 fully saturated rings. The summed E-state index contributed by atoms with van der Waals surface area (Å²) in [6, 6.07) is 1.05. The number of aromatic hydroxyl groups is 2. The molecular weight excluding hydrogens is 480 g/mol. The van der Waals surface area contributed by atoms with Crippen LogP contribution in [0.1, 0.15) is 131 Å². The van der Waals surface area contributed by atoms with Crippen LogP contribution in [0.15, 0.2) is 6.07 Å². The highest BCUT2D eigenvalue weighted by Gasteiger charge is 2.50. The Morgan fingerprint density at radius 2 is 1.55 bits per heavy atom. The van der Waals surface area contributed by atoms with Gasteiger partial charge in [-0.25, -0.2) is 5.01 Å². The lowest BCUT2D eigenvalue weighted by atomic mass is 9.68. The Morgan fingerprint density at radius 3 is 2.05 bits per heavy atom. The molecule has 5 N–H and O–H groups in total. The minimum atomic E-state index is -1.11. The van der Waals surface area contributed by atoms with Gasteiger partial charge >= 0.3 is 11.8 Å². The third-order valence-corrected chi connectivity index (χ3v) is 9.10. The number of primary amides is 1. The molecule has 4 unspecified atom stereocenters. The van der Waals surface area contributed by atoms with Crippen molar-refractivity contribution in [3.8, 4) is 11.8 Å². The zero-order chi connectivity index (χ0) is 28.5. The maximum atomic E-state index is 13.2. The van der Waals surface area contributed by atoms with Crippen molar-refractivity contribution in [2.45, 2.75) is 149 Å². The van der Waals surface area contributed by atoms with Crippen LogP contribution in [-0.4, -0.2) is 43.8 Å². The van der Waals surface area contributed by atoms with E-state index < -0.39 is 17.9 Å². The van der Waals surface area contributed by atoms with E-state index in [1.165, 1.54) is 56.0 Å². The van der Waals surface area contributed by atoms with Crippen LogP contribution in [0.5, 0.6) is 11.8 Å². The maximum Gasteiger partial charge on any atom is 0.330 e. The van der Waals surface area contributed by atoms with E-state index >= 15 is 0 Å². The Kier molecular flexibility index (Phi) is 12.0. The minimum absolute atomic E-state index is 0.0814. The number of hydrogen-bond donors (Lipinski definition) is 4. The van der Waals surface area contributed by atoms with Crippen molar-refractivity contribution in [2.24, 2.45) is 11.7 Å². The van der Waals surface area contributed by atoms with Gasteiger partial charge in [0.2, 0.25) is 11.8 Å². The van der Waals surface area contributed by atoms with Gasteiger partial charge in [-0.15, -0.1) is 0 Å². The number of piperidine rings is 1. The number of aryl methyl sites for hydroxylation is 1. The quantitative estimate of drug-likeness (QED) is 0.171. The normalized spacial score (nSPS) is 25.4. The molecule has 0 radical (unpaired) electrons. The van der Waals surface area contributed by atoms with E-state index in [4.69, 9.17) is 5.73 Å². The second-order valence-corrected chi connectivity index (χ2v) is 12.0. The Bertz CT molecular complexity index is 916. The summed E-state index contributed by atoms with van der Waals surface area (Å²) in [6.45, 7) is 12.7. The van der Waals surface area contributed by atoms with Gasteiger partial charge in [0, 0.05) is 22.7 Å². The number of unbranched alkanes of at least 4 members (excludes halogenated alkanes) is 9. The smallest absolute Gasteiger partial charge is 0.330 e. The maximum absolute atomic E-state index is 13.2. The van der Waals surface area contributed by atoms with E-state index in [0.29, 0.717) is 18.4 Å². The van der Waals surface area contributed by atoms with Gasteiger partial charge in [-0.3, -0.25) is 9.59 Å². The van der Waals surface area contributed by atoms with Crippen LogP contribution in [0.4, 0.5) is 0 Å². The average molecular weight is 535 g/mol. The first-order chi connectivity index (χ1) is 17.9. The number of carbonyl (C=O) groups excluding carboxylic acids is 2. The first-order valence-corrected chi connectivity index (χ1v) is 15.0. The van der Waals surface area contributed by atoms with Gasteiger partial charge in [0.1, 0.15) is 0 Å². The summed E-state index contributed by atoms with van der Waals surface area (Å²) < 4.78 is 1.11. The monoisotopic (exact) mass is 534 g/mol. The molecule has 0 aliphatic carbocycles. The van der Waals surface area contributed by atoms with E-state index in [1.807, 2.05) is 6.92 Å². The summed E-state index contributed by atoms with van der Waals surface area (Å²) >= 11 is 0. The highest BCUT2D eigenvalue weighted by Crippen LogP contribution is 2.41. The second-order valence-electron chi connectivity index (χ2n) is 12.0. The largest absolute Gasteiger partial charge is 0.493 e. The number of nitrogens with one attached hydrogen (secondary N) is 1. The molecule has 0 saturated carbocycles. The van der Waals surface area contributed by atoms with E-state index in [0.717, 1.165) is 36.8 Å². The molecule has 1 aromatic heterocycles. The highest BCUT2D eigenvalue weighted by atomic mass is 16.3. The zero-order valence-corrected chi connectivity index (χ0v) is 24.8. The third-order valence-electron chi connectivity index (χ3n) is 9.10. The molecule has 1 aliphatic rings. The molecule has 2 amide bonds. The van der Waals surface area contributed by atoms with Gasteiger partial charge < -0.3 is 21.3 Å². The Balaban J connectivity index is 2.19. The molecule has 8 heteroatoms. The lowest BCUT2D eigenvalue weighted by Crippen LogP contribution is -2.71. The number of hydrogen-bond acceptors (Lipinski definition) is 5. The molecule has 2 heterocycles. The van der Waals surface area contributed by atoms with Crippen LogP contribution in [0.25, 0.3) is 0 Å². The molecule has 0 aromatic carbocycles. The Morgan fingerprint density at radius 1 is 1.00 bits per heavy atom. The van der Waals surface area contributed by atoms with Crippen LogP contribution in [0, 0.1) is 5.92 Å². The van der Waals surface area contributed by atoms with E-state index in [2.05, 4.69) is 39.9 Å². The van der Waals surface area contributed by atoms with Gasteiger partial charge in [0.15, 0.2) is 0 Å². The van der Waals surface area contributed by atoms with Crippen LogP contribution in [0.2, 0.25) is 0 Å². The molecule has 38 heavy (non-hydrogen) atoms. The summed E-state index contributed by atoms with van der Waals surface area (Å²) in [7, 11) is 0. The van der Waals surface area contributed by atoms with Crippen LogP contribution >= 0.6 is 0 Å². The molecule has 1 aromatic rings. The predicted molar refractivity (Wildman–Crippen MR) is 154 cm³/mol. The summed E-state index contributed by atoms with van der Waals surface area (Å²) in [6.07, 6.45) is 14.8. The third kappa shape index (κ3) is 7.67. The van der Waals surface area contributed by atoms with Crippen molar-refractivity contribution in [3.05, 3.63) is 11.6 Å². The summed E-state index contributed by atoms with van der Waals surface area (Å²) in [5.74, 6) is -2.60. The lowest BCUT2D eigenvalue weighted by molar-refractivity contribution is -0.137. The van der Waals surface area contributed by atoms with Gasteiger partial charge in [-0.2, -0.15) is 4.68 Å². The SMILES string of the molecule is CCCCCCCCCCCCc1cc(O)n(N(C(=O)C(N)=O)C2CC(C)(CC)NC(C)(CC)C2C)c1O. The van der Waals surface area contributed by atoms with E-state index in [-0.39, 0.29) is 28.8 Å². The van der Waals surface area contributed by atoms with Crippen LogP contribution < -0.4 is 16.1 Å². The number of amides is 2. The van der Waals surface area contributed by atoms with Gasteiger partial charge in [0.05, 0.1) is 6.04 Å². The Hall–Kier alpha value is -2.22. The topological polar surface area (TPSA) is 121 Å². The number of carbonyl (C=O) groups is 2.